The van der Waals surface area contributed by atoms with E-state index in [4.69, 9.17) is 11.6 Å². The maximum absolute atomic E-state index is 13.1. The Morgan fingerprint density at radius 2 is 1.67 bits per heavy atom. The molecular formula is C18H11ClF6N4O. The molecule has 0 radical (unpaired) electrons. The summed E-state index contributed by atoms with van der Waals surface area (Å²) in [6, 6.07) is 6.14. The first-order chi connectivity index (χ1) is 13.9. The molecule has 1 aromatic carbocycles. The summed E-state index contributed by atoms with van der Waals surface area (Å²) in [4.78, 5) is 16.2. The molecule has 0 saturated heterocycles. The number of aromatic nitrogens is 3. The molecule has 3 rings (SSSR count). The van der Waals surface area contributed by atoms with Crippen LogP contribution in [-0.2, 0) is 12.4 Å². The van der Waals surface area contributed by atoms with Crippen LogP contribution in [0, 0.1) is 6.92 Å². The predicted octanol–water partition coefficient (Wildman–Crippen LogP) is 5.52. The van der Waals surface area contributed by atoms with Crippen LogP contribution in [0.4, 0.5) is 32.0 Å². The lowest BCUT2D eigenvalue weighted by molar-refractivity contribution is -0.143. The van der Waals surface area contributed by atoms with E-state index in [0.29, 0.717) is 5.56 Å². The number of aryl methyl sites for hydroxylation is 1. The lowest BCUT2D eigenvalue weighted by Crippen LogP contribution is -2.15. The molecule has 2 heterocycles. The number of alkyl halides is 6. The van der Waals surface area contributed by atoms with Crippen LogP contribution in [0.2, 0.25) is 5.15 Å². The third-order valence-corrected chi connectivity index (χ3v) is 4.29. The Labute approximate surface area is 170 Å². The fourth-order valence-electron chi connectivity index (χ4n) is 2.60. The molecular weight excluding hydrogens is 438 g/mol. The van der Waals surface area contributed by atoms with Crippen molar-refractivity contribution >= 4 is 23.2 Å². The number of nitrogens with one attached hydrogen (secondary N) is 1. The quantitative estimate of drug-likeness (QED) is 0.424. The number of benzene rings is 1. The summed E-state index contributed by atoms with van der Waals surface area (Å²) in [5, 5.41) is 5.50. The van der Waals surface area contributed by atoms with Gasteiger partial charge in [0.25, 0.3) is 5.91 Å². The number of hydrogen-bond donors (Lipinski definition) is 1. The van der Waals surface area contributed by atoms with Gasteiger partial charge in [-0.25, -0.2) is 9.67 Å². The van der Waals surface area contributed by atoms with E-state index in [2.05, 4.69) is 15.4 Å². The third kappa shape index (κ3) is 4.40. The summed E-state index contributed by atoms with van der Waals surface area (Å²) >= 11 is 5.91. The normalized spacial score (nSPS) is 12.1. The van der Waals surface area contributed by atoms with Gasteiger partial charge in [0.15, 0.2) is 5.69 Å². The van der Waals surface area contributed by atoms with Crippen molar-refractivity contribution in [1.82, 2.24) is 14.8 Å². The Morgan fingerprint density at radius 1 is 1.03 bits per heavy atom. The molecule has 0 unspecified atom stereocenters. The summed E-state index contributed by atoms with van der Waals surface area (Å²) in [5.41, 5.74) is -2.68. The number of carbonyl (C=O) groups is 1. The van der Waals surface area contributed by atoms with Crippen LogP contribution >= 0.6 is 11.6 Å². The van der Waals surface area contributed by atoms with E-state index in [1.807, 2.05) is 0 Å². The van der Waals surface area contributed by atoms with Gasteiger partial charge in [0.2, 0.25) is 0 Å². The largest absolute Gasteiger partial charge is 0.435 e. The van der Waals surface area contributed by atoms with E-state index in [0.717, 1.165) is 12.1 Å². The minimum absolute atomic E-state index is 0.0323. The van der Waals surface area contributed by atoms with Crippen LogP contribution in [0.25, 0.3) is 5.69 Å². The average Bonchev–Trinajstić information content (AvgIpc) is 3.08. The van der Waals surface area contributed by atoms with Gasteiger partial charge in [-0.05, 0) is 42.8 Å². The molecule has 0 atom stereocenters. The molecule has 5 nitrogen and oxygen atoms in total. The molecule has 12 heteroatoms. The number of pyridine rings is 1. The highest BCUT2D eigenvalue weighted by atomic mass is 35.5. The van der Waals surface area contributed by atoms with E-state index in [9.17, 15) is 31.1 Å². The highest BCUT2D eigenvalue weighted by Crippen LogP contribution is 2.36. The average molecular weight is 449 g/mol. The SMILES string of the molecule is Cc1ccnc(Cl)c1C(=O)Nc1ccc(-n2nc(C(F)(F)F)cc2C(F)(F)F)cc1. The van der Waals surface area contributed by atoms with Crippen molar-refractivity contribution in [1.29, 1.82) is 0 Å². The molecule has 30 heavy (non-hydrogen) atoms. The van der Waals surface area contributed by atoms with Crippen molar-refractivity contribution in [3.8, 4) is 5.69 Å². The zero-order valence-electron chi connectivity index (χ0n) is 14.9. The van der Waals surface area contributed by atoms with Gasteiger partial charge in [-0.15, -0.1) is 0 Å². The van der Waals surface area contributed by atoms with Gasteiger partial charge >= 0.3 is 12.4 Å². The molecule has 0 spiro atoms. The number of nitrogens with zero attached hydrogens (tertiary/aromatic N) is 3. The number of hydrogen-bond acceptors (Lipinski definition) is 3. The smallest absolute Gasteiger partial charge is 0.322 e. The van der Waals surface area contributed by atoms with E-state index in [1.165, 1.54) is 18.3 Å². The minimum atomic E-state index is -5.06. The van der Waals surface area contributed by atoms with E-state index in [1.54, 1.807) is 13.0 Å². The molecule has 0 aliphatic rings. The summed E-state index contributed by atoms with van der Waals surface area (Å²) in [6.07, 6.45) is -8.68. The molecule has 0 aliphatic heterocycles. The Balaban J connectivity index is 1.91. The van der Waals surface area contributed by atoms with Crippen LogP contribution in [0.15, 0.2) is 42.6 Å². The lowest BCUT2D eigenvalue weighted by atomic mass is 10.1. The Bertz CT molecular complexity index is 1070. The summed E-state index contributed by atoms with van der Waals surface area (Å²) in [7, 11) is 0. The van der Waals surface area contributed by atoms with E-state index < -0.39 is 29.6 Å². The molecule has 0 fully saturated rings. The van der Waals surface area contributed by atoms with Gasteiger partial charge in [-0.3, -0.25) is 4.79 Å². The third-order valence-electron chi connectivity index (χ3n) is 4.00. The first-order valence-electron chi connectivity index (χ1n) is 8.15. The Morgan fingerprint density at radius 3 is 2.20 bits per heavy atom. The van der Waals surface area contributed by atoms with Gasteiger partial charge in [-0.2, -0.15) is 31.4 Å². The standard InChI is InChI=1S/C18H11ClF6N4O/c1-9-6-7-26-15(19)14(9)16(30)27-10-2-4-11(5-3-10)29-13(18(23,24)25)8-12(28-29)17(20,21)22/h2-8H,1H3,(H,27,30). The highest BCUT2D eigenvalue weighted by molar-refractivity contribution is 6.33. The number of amides is 1. The predicted molar refractivity (Wildman–Crippen MR) is 95.5 cm³/mol. The van der Waals surface area contributed by atoms with Crippen LogP contribution < -0.4 is 5.32 Å². The second-order valence-electron chi connectivity index (χ2n) is 6.12. The number of carbonyl (C=O) groups excluding carboxylic acids is 1. The minimum Gasteiger partial charge on any atom is -0.322 e. The zero-order chi connectivity index (χ0) is 22.3. The van der Waals surface area contributed by atoms with Crippen molar-refractivity contribution in [2.45, 2.75) is 19.3 Å². The van der Waals surface area contributed by atoms with Crippen LogP contribution in [0.3, 0.4) is 0 Å². The van der Waals surface area contributed by atoms with Crippen molar-refractivity contribution in [2.75, 3.05) is 5.32 Å². The van der Waals surface area contributed by atoms with Gasteiger partial charge in [0.05, 0.1) is 11.3 Å². The fourth-order valence-corrected chi connectivity index (χ4v) is 2.89. The van der Waals surface area contributed by atoms with E-state index >= 15 is 0 Å². The summed E-state index contributed by atoms with van der Waals surface area (Å²) in [6.45, 7) is 1.64. The van der Waals surface area contributed by atoms with Gasteiger partial charge < -0.3 is 5.32 Å². The highest BCUT2D eigenvalue weighted by Gasteiger charge is 2.42. The van der Waals surface area contributed by atoms with Crippen LogP contribution in [0.5, 0.6) is 0 Å². The molecule has 2 aromatic heterocycles. The topological polar surface area (TPSA) is 59.8 Å². The Hall–Kier alpha value is -3.08. The summed E-state index contributed by atoms with van der Waals surface area (Å²) < 4.78 is 78.0. The second-order valence-corrected chi connectivity index (χ2v) is 6.47. The molecule has 1 amide bonds. The van der Waals surface area contributed by atoms with Gasteiger partial charge in [0.1, 0.15) is 10.8 Å². The van der Waals surface area contributed by atoms with Crippen molar-refractivity contribution in [3.63, 3.8) is 0 Å². The number of anilines is 1. The zero-order valence-corrected chi connectivity index (χ0v) is 15.7. The van der Waals surface area contributed by atoms with Crippen LogP contribution in [0.1, 0.15) is 27.3 Å². The molecule has 0 saturated carbocycles. The maximum atomic E-state index is 13.1. The molecule has 0 aliphatic carbocycles. The number of rotatable bonds is 3. The summed E-state index contributed by atoms with van der Waals surface area (Å²) in [5.74, 6) is -0.604. The van der Waals surface area contributed by atoms with Gasteiger partial charge in [0, 0.05) is 18.0 Å². The monoisotopic (exact) mass is 448 g/mol. The maximum Gasteiger partial charge on any atom is 0.435 e. The lowest BCUT2D eigenvalue weighted by Gasteiger charge is -2.12. The van der Waals surface area contributed by atoms with Crippen LogP contribution in [-0.4, -0.2) is 20.7 Å². The van der Waals surface area contributed by atoms with E-state index in [-0.39, 0.29) is 32.8 Å². The molecule has 1 N–H and O–H groups in total. The first kappa shape index (κ1) is 21.6. The fraction of sp³-hybridized carbons (Fsp3) is 0.167. The molecule has 158 valence electrons. The van der Waals surface area contributed by atoms with Crippen molar-refractivity contribution in [2.24, 2.45) is 0 Å². The van der Waals surface area contributed by atoms with Crippen molar-refractivity contribution in [3.05, 3.63) is 70.3 Å². The number of halogens is 7. The molecule has 3 aromatic rings. The second kappa shape index (κ2) is 7.63. The van der Waals surface area contributed by atoms with Gasteiger partial charge in [-0.1, -0.05) is 11.6 Å². The molecule has 0 bridgehead atoms. The first-order valence-corrected chi connectivity index (χ1v) is 8.53. The Kier molecular flexibility index (Phi) is 5.50. The van der Waals surface area contributed by atoms with Crippen molar-refractivity contribution < 1.29 is 31.1 Å².